The van der Waals surface area contributed by atoms with Crippen molar-refractivity contribution in [2.45, 2.75) is 26.3 Å². The van der Waals surface area contributed by atoms with E-state index >= 15 is 0 Å². The minimum atomic E-state index is -0.434. The number of amides is 1. The van der Waals surface area contributed by atoms with E-state index in [1.54, 1.807) is 23.6 Å². The lowest BCUT2D eigenvalue weighted by atomic mass is 10.1. The van der Waals surface area contributed by atoms with Gasteiger partial charge in [0.15, 0.2) is 0 Å². The summed E-state index contributed by atoms with van der Waals surface area (Å²) in [6.07, 6.45) is 0.651. The summed E-state index contributed by atoms with van der Waals surface area (Å²) in [5, 5.41) is 0. The molecule has 1 fully saturated rings. The van der Waals surface area contributed by atoms with Gasteiger partial charge in [-0.1, -0.05) is 6.92 Å². The largest absolute Gasteiger partial charge is 0.464 e. The van der Waals surface area contributed by atoms with E-state index < -0.39 is 6.04 Å². The van der Waals surface area contributed by atoms with E-state index in [1.807, 2.05) is 6.92 Å². The zero-order chi connectivity index (χ0) is 13.5. The van der Waals surface area contributed by atoms with E-state index in [-0.39, 0.29) is 17.8 Å². The molecule has 6 heteroatoms. The van der Waals surface area contributed by atoms with Crippen LogP contribution < -0.4 is 5.73 Å². The first kappa shape index (κ1) is 15.3. The summed E-state index contributed by atoms with van der Waals surface area (Å²) >= 11 is 1.68. The van der Waals surface area contributed by atoms with Crippen LogP contribution in [0.2, 0.25) is 0 Å². The molecule has 0 radical (unpaired) electrons. The van der Waals surface area contributed by atoms with Gasteiger partial charge in [-0.2, -0.15) is 11.8 Å². The molecule has 1 heterocycles. The number of carbonyl (C=O) groups is 2. The number of rotatable bonds is 5. The third kappa shape index (κ3) is 3.88. The third-order valence-electron chi connectivity index (χ3n) is 2.99. The molecular formula is C12H22N2O3S. The Morgan fingerprint density at radius 2 is 2.28 bits per heavy atom. The fourth-order valence-corrected chi connectivity index (χ4v) is 2.99. The van der Waals surface area contributed by atoms with Crippen molar-refractivity contribution in [3.8, 4) is 0 Å². The molecule has 0 aromatic carbocycles. The molecule has 1 aliphatic rings. The highest BCUT2D eigenvalue weighted by molar-refractivity contribution is 7.99. The molecule has 1 amide bonds. The monoisotopic (exact) mass is 274 g/mol. The maximum atomic E-state index is 12.3. The maximum Gasteiger partial charge on any atom is 0.329 e. The van der Waals surface area contributed by atoms with Crippen molar-refractivity contribution in [1.82, 2.24) is 4.90 Å². The van der Waals surface area contributed by atoms with Crippen LogP contribution in [-0.4, -0.2) is 54.0 Å². The van der Waals surface area contributed by atoms with Crippen molar-refractivity contribution in [2.75, 3.05) is 31.2 Å². The van der Waals surface area contributed by atoms with Gasteiger partial charge in [-0.25, -0.2) is 4.79 Å². The highest BCUT2D eigenvalue weighted by Crippen LogP contribution is 2.20. The van der Waals surface area contributed by atoms with Crippen LogP contribution in [-0.2, 0) is 14.3 Å². The second kappa shape index (κ2) is 7.63. The van der Waals surface area contributed by atoms with E-state index in [0.717, 1.165) is 5.75 Å². The normalized spacial score (nSPS) is 21.5. The van der Waals surface area contributed by atoms with Gasteiger partial charge < -0.3 is 15.4 Å². The summed E-state index contributed by atoms with van der Waals surface area (Å²) in [7, 11) is 0. The summed E-state index contributed by atoms with van der Waals surface area (Å²) < 4.78 is 5.03. The Morgan fingerprint density at radius 3 is 2.89 bits per heavy atom. The maximum absolute atomic E-state index is 12.3. The van der Waals surface area contributed by atoms with Gasteiger partial charge in [-0.05, 0) is 19.9 Å². The number of carbonyl (C=O) groups excluding carboxylic acids is 2. The number of esters is 1. The van der Waals surface area contributed by atoms with Crippen LogP contribution in [0.3, 0.4) is 0 Å². The van der Waals surface area contributed by atoms with Crippen LogP contribution in [0.1, 0.15) is 20.3 Å². The summed E-state index contributed by atoms with van der Waals surface area (Å²) in [5.74, 6) is 1.09. The second-order valence-electron chi connectivity index (χ2n) is 4.35. The van der Waals surface area contributed by atoms with E-state index in [1.165, 1.54) is 0 Å². The molecule has 0 spiro atoms. The van der Waals surface area contributed by atoms with Crippen LogP contribution in [0.15, 0.2) is 0 Å². The lowest BCUT2D eigenvalue weighted by molar-refractivity contribution is -0.155. The van der Waals surface area contributed by atoms with Crippen molar-refractivity contribution in [2.24, 2.45) is 11.7 Å². The molecular weight excluding hydrogens is 252 g/mol. The highest BCUT2D eigenvalue weighted by Gasteiger charge is 2.35. The first-order valence-corrected chi connectivity index (χ1v) is 7.52. The Hall–Kier alpha value is -0.750. The lowest BCUT2D eigenvalue weighted by Gasteiger charge is -2.35. The average molecular weight is 274 g/mol. The minimum Gasteiger partial charge on any atom is -0.464 e. The van der Waals surface area contributed by atoms with E-state index in [9.17, 15) is 9.59 Å². The van der Waals surface area contributed by atoms with Gasteiger partial charge in [0.1, 0.15) is 6.04 Å². The number of nitrogens with two attached hydrogens (primary N) is 1. The van der Waals surface area contributed by atoms with Crippen molar-refractivity contribution < 1.29 is 14.3 Å². The molecule has 18 heavy (non-hydrogen) atoms. The first-order chi connectivity index (χ1) is 8.61. The molecule has 2 N–H and O–H groups in total. The molecule has 1 saturated heterocycles. The second-order valence-corrected chi connectivity index (χ2v) is 5.50. The standard InChI is InChI=1S/C12H22N2O3S/c1-3-17-12(16)10-8-18-7-6-14(10)11(15)9(2)4-5-13/h9-10H,3-8,13H2,1-2H3. The van der Waals surface area contributed by atoms with Gasteiger partial charge in [0.2, 0.25) is 5.91 Å². The number of hydrogen-bond acceptors (Lipinski definition) is 5. The molecule has 104 valence electrons. The molecule has 0 bridgehead atoms. The van der Waals surface area contributed by atoms with Crippen LogP contribution in [0.5, 0.6) is 0 Å². The molecule has 1 aliphatic heterocycles. The fourth-order valence-electron chi connectivity index (χ4n) is 1.96. The smallest absolute Gasteiger partial charge is 0.329 e. The van der Waals surface area contributed by atoms with Gasteiger partial charge in [-0.3, -0.25) is 4.79 Å². The van der Waals surface area contributed by atoms with Crippen molar-refractivity contribution >= 4 is 23.6 Å². The van der Waals surface area contributed by atoms with Crippen LogP contribution in [0, 0.1) is 5.92 Å². The van der Waals surface area contributed by atoms with Crippen LogP contribution >= 0.6 is 11.8 Å². The van der Waals surface area contributed by atoms with Gasteiger partial charge >= 0.3 is 5.97 Å². The van der Waals surface area contributed by atoms with Gasteiger partial charge in [0.25, 0.3) is 0 Å². The minimum absolute atomic E-state index is 0.0128. The summed E-state index contributed by atoms with van der Waals surface area (Å²) in [6.45, 7) is 5.08. The predicted molar refractivity (Wildman–Crippen MR) is 72.3 cm³/mol. The molecule has 0 aliphatic carbocycles. The Balaban J connectivity index is 2.69. The first-order valence-electron chi connectivity index (χ1n) is 6.36. The van der Waals surface area contributed by atoms with Crippen molar-refractivity contribution in [3.63, 3.8) is 0 Å². The molecule has 5 nitrogen and oxygen atoms in total. The zero-order valence-corrected chi connectivity index (χ0v) is 11.9. The van der Waals surface area contributed by atoms with Gasteiger partial charge in [-0.15, -0.1) is 0 Å². The Bertz CT molecular complexity index is 299. The SMILES string of the molecule is CCOC(=O)C1CSCCN1C(=O)C(C)CCN. The third-order valence-corrected chi connectivity index (χ3v) is 4.01. The van der Waals surface area contributed by atoms with Gasteiger partial charge in [0.05, 0.1) is 6.61 Å². The number of ether oxygens (including phenoxy) is 1. The van der Waals surface area contributed by atoms with E-state index in [0.29, 0.717) is 31.9 Å². The molecule has 0 saturated carbocycles. The van der Waals surface area contributed by atoms with Gasteiger partial charge in [0, 0.05) is 24.0 Å². The van der Waals surface area contributed by atoms with Crippen LogP contribution in [0.25, 0.3) is 0 Å². The topological polar surface area (TPSA) is 72.6 Å². The number of nitrogens with zero attached hydrogens (tertiary/aromatic N) is 1. The van der Waals surface area contributed by atoms with E-state index in [2.05, 4.69) is 0 Å². The Labute approximate surface area is 112 Å². The number of thioether (sulfide) groups is 1. The van der Waals surface area contributed by atoms with Crippen molar-refractivity contribution in [3.05, 3.63) is 0 Å². The summed E-state index contributed by atoms with van der Waals surface area (Å²) in [4.78, 5) is 25.8. The molecule has 2 atom stereocenters. The summed E-state index contributed by atoms with van der Waals surface area (Å²) in [5.41, 5.74) is 5.47. The Morgan fingerprint density at radius 1 is 1.56 bits per heavy atom. The number of hydrogen-bond donors (Lipinski definition) is 1. The predicted octanol–water partition coefficient (Wildman–Crippen LogP) is 0.478. The zero-order valence-electron chi connectivity index (χ0n) is 11.1. The molecule has 0 aromatic heterocycles. The lowest BCUT2D eigenvalue weighted by Crippen LogP contribution is -2.52. The molecule has 0 aromatic rings. The fraction of sp³-hybridized carbons (Fsp3) is 0.833. The van der Waals surface area contributed by atoms with Crippen LogP contribution in [0.4, 0.5) is 0 Å². The molecule has 1 rings (SSSR count). The van der Waals surface area contributed by atoms with Crippen molar-refractivity contribution in [1.29, 1.82) is 0 Å². The highest BCUT2D eigenvalue weighted by atomic mass is 32.2. The Kier molecular flexibility index (Phi) is 6.49. The van der Waals surface area contributed by atoms with E-state index in [4.69, 9.17) is 10.5 Å². The average Bonchev–Trinajstić information content (AvgIpc) is 2.38. The molecule has 2 unspecified atom stereocenters. The quantitative estimate of drug-likeness (QED) is 0.738. The summed E-state index contributed by atoms with van der Waals surface area (Å²) in [6, 6.07) is -0.434.